The summed E-state index contributed by atoms with van der Waals surface area (Å²) in [5.41, 5.74) is 1.39. The van der Waals surface area contributed by atoms with Gasteiger partial charge in [-0.15, -0.1) is 12.4 Å². The van der Waals surface area contributed by atoms with Gasteiger partial charge in [0.25, 0.3) is 0 Å². The summed E-state index contributed by atoms with van der Waals surface area (Å²) >= 11 is 6.01. The lowest BCUT2D eigenvalue weighted by atomic mass is 10.0. The number of carboxylic acids is 1. The molecule has 0 unspecified atom stereocenters. The Morgan fingerprint density at radius 1 is 1.00 bits per heavy atom. The van der Waals surface area contributed by atoms with E-state index in [1.807, 2.05) is 30.3 Å². The fraction of sp³-hybridized carbons (Fsp3) is 0.296. The molecule has 0 fully saturated rings. The van der Waals surface area contributed by atoms with Crippen molar-refractivity contribution in [2.24, 2.45) is 0 Å². The van der Waals surface area contributed by atoms with Crippen molar-refractivity contribution in [1.29, 1.82) is 0 Å². The van der Waals surface area contributed by atoms with E-state index in [9.17, 15) is 15.0 Å². The maximum atomic E-state index is 11.5. The highest BCUT2D eigenvalue weighted by atomic mass is 35.5. The van der Waals surface area contributed by atoms with Crippen LogP contribution in [-0.2, 0) is 5.72 Å². The molecule has 3 rings (SSSR count). The molecule has 0 saturated carbocycles. The Kier molecular flexibility index (Phi) is 10.9. The van der Waals surface area contributed by atoms with E-state index in [0.717, 1.165) is 24.0 Å². The zero-order valence-electron chi connectivity index (χ0n) is 19.8. The van der Waals surface area contributed by atoms with Crippen molar-refractivity contribution in [3.63, 3.8) is 0 Å². The lowest BCUT2D eigenvalue weighted by Crippen LogP contribution is -2.41. The standard InChI is InChI=1S/C27H30ClNO5.ClH/c1-3-4-15-34-25-17-20(10-13-24(25)26(30)31)19-8-11-23(12-9-19)33-16-14-29-27(2,32)21-6-5-7-22(28)18-21;/h5-13,17-18,29,32H,3-4,14-16H2,1-2H3,(H,30,31);1H/t27-;/m0./s1. The molecule has 0 spiro atoms. The van der Waals surface area contributed by atoms with Crippen LogP contribution in [0.4, 0.5) is 0 Å². The van der Waals surface area contributed by atoms with E-state index in [4.69, 9.17) is 21.1 Å². The molecule has 35 heavy (non-hydrogen) atoms. The van der Waals surface area contributed by atoms with E-state index in [1.54, 1.807) is 43.3 Å². The first-order chi connectivity index (χ1) is 16.3. The van der Waals surface area contributed by atoms with Gasteiger partial charge in [0.05, 0.1) is 6.61 Å². The van der Waals surface area contributed by atoms with Gasteiger partial charge in [0.2, 0.25) is 0 Å². The molecule has 3 aromatic rings. The minimum absolute atomic E-state index is 0. The van der Waals surface area contributed by atoms with Gasteiger partial charge < -0.3 is 19.7 Å². The Hall–Kier alpha value is -2.77. The van der Waals surface area contributed by atoms with Gasteiger partial charge in [0.1, 0.15) is 29.4 Å². The number of halogens is 2. The zero-order valence-corrected chi connectivity index (χ0v) is 21.4. The number of nitrogens with one attached hydrogen (secondary N) is 1. The van der Waals surface area contributed by atoms with Crippen LogP contribution in [0.15, 0.2) is 66.7 Å². The van der Waals surface area contributed by atoms with Gasteiger partial charge in [0.15, 0.2) is 0 Å². The van der Waals surface area contributed by atoms with Crippen LogP contribution in [0.25, 0.3) is 11.1 Å². The summed E-state index contributed by atoms with van der Waals surface area (Å²) in [6.07, 6.45) is 1.83. The van der Waals surface area contributed by atoms with Gasteiger partial charge in [-0.3, -0.25) is 5.32 Å². The Morgan fingerprint density at radius 2 is 1.71 bits per heavy atom. The van der Waals surface area contributed by atoms with E-state index in [-0.39, 0.29) is 18.0 Å². The highest BCUT2D eigenvalue weighted by molar-refractivity contribution is 6.30. The Balaban J connectivity index is 0.00000432. The minimum atomic E-state index is -1.23. The Morgan fingerprint density at radius 3 is 2.37 bits per heavy atom. The molecular weight excluding hydrogens is 489 g/mol. The number of ether oxygens (including phenoxy) is 2. The molecule has 0 saturated heterocycles. The normalized spacial score (nSPS) is 12.3. The number of aliphatic hydroxyl groups is 1. The summed E-state index contributed by atoms with van der Waals surface area (Å²) in [5.74, 6) is 0.0517. The minimum Gasteiger partial charge on any atom is -0.493 e. The highest BCUT2D eigenvalue weighted by Gasteiger charge is 2.22. The van der Waals surface area contributed by atoms with E-state index < -0.39 is 11.7 Å². The molecule has 0 aromatic heterocycles. The number of carbonyl (C=O) groups is 1. The smallest absolute Gasteiger partial charge is 0.339 e. The van der Waals surface area contributed by atoms with Gasteiger partial charge in [0, 0.05) is 11.6 Å². The van der Waals surface area contributed by atoms with Crippen LogP contribution >= 0.6 is 24.0 Å². The second-order valence-electron chi connectivity index (χ2n) is 8.10. The predicted molar refractivity (Wildman–Crippen MR) is 141 cm³/mol. The molecular formula is C27H31Cl2NO5. The Labute approximate surface area is 217 Å². The monoisotopic (exact) mass is 519 g/mol. The topological polar surface area (TPSA) is 88.0 Å². The second-order valence-corrected chi connectivity index (χ2v) is 8.54. The fourth-order valence-electron chi connectivity index (χ4n) is 3.42. The quantitative estimate of drug-likeness (QED) is 0.197. The average molecular weight is 520 g/mol. The zero-order chi connectivity index (χ0) is 24.6. The number of hydrogen-bond acceptors (Lipinski definition) is 5. The molecule has 0 aliphatic carbocycles. The van der Waals surface area contributed by atoms with Gasteiger partial charge in [-0.1, -0.05) is 55.3 Å². The molecule has 0 bridgehead atoms. The molecule has 8 heteroatoms. The third-order valence-corrected chi connectivity index (χ3v) is 5.62. The maximum absolute atomic E-state index is 11.5. The molecule has 188 valence electrons. The number of unbranched alkanes of at least 4 members (excludes halogenated alkanes) is 1. The van der Waals surface area contributed by atoms with E-state index in [1.165, 1.54) is 0 Å². The number of benzene rings is 3. The summed E-state index contributed by atoms with van der Waals surface area (Å²) in [4.78, 5) is 11.5. The summed E-state index contributed by atoms with van der Waals surface area (Å²) in [7, 11) is 0. The Bertz CT molecular complexity index is 1100. The van der Waals surface area contributed by atoms with Crippen molar-refractivity contribution in [2.75, 3.05) is 19.8 Å². The van der Waals surface area contributed by atoms with Crippen LogP contribution in [0.1, 0.15) is 42.6 Å². The van der Waals surface area contributed by atoms with Crippen LogP contribution in [0.2, 0.25) is 5.02 Å². The van der Waals surface area contributed by atoms with Crippen LogP contribution < -0.4 is 14.8 Å². The summed E-state index contributed by atoms with van der Waals surface area (Å²) in [5, 5.41) is 23.7. The number of rotatable bonds is 12. The number of hydrogen-bond donors (Lipinski definition) is 3. The average Bonchev–Trinajstić information content (AvgIpc) is 2.82. The van der Waals surface area contributed by atoms with Crippen LogP contribution in [-0.4, -0.2) is 35.9 Å². The summed E-state index contributed by atoms with van der Waals surface area (Å²) in [6.45, 7) is 4.99. The van der Waals surface area contributed by atoms with Crippen molar-refractivity contribution in [3.8, 4) is 22.6 Å². The predicted octanol–water partition coefficient (Wildman–Crippen LogP) is 6.14. The molecule has 0 heterocycles. The molecule has 0 aliphatic rings. The van der Waals surface area contributed by atoms with E-state index in [0.29, 0.717) is 41.8 Å². The molecule has 3 N–H and O–H groups in total. The third kappa shape index (κ3) is 8.15. The van der Waals surface area contributed by atoms with Gasteiger partial charge in [-0.05, 0) is 66.4 Å². The van der Waals surface area contributed by atoms with E-state index in [2.05, 4.69) is 12.2 Å². The van der Waals surface area contributed by atoms with Crippen molar-refractivity contribution in [3.05, 3.63) is 82.9 Å². The first-order valence-corrected chi connectivity index (χ1v) is 11.6. The largest absolute Gasteiger partial charge is 0.493 e. The second kappa shape index (κ2) is 13.4. The fourth-order valence-corrected chi connectivity index (χ4v) is 3.62. The molecule has 0 aliphatic heterocycles. The van der Waals surface area contributed by atoms with E-state index >= 15 is 0 Å². The van der Waals surface area contributed by atoms with Crippen molar-refractivity contribution in [2.45, 2.75) is 32.4 Å². The van der Waals surface area contributed by atoms with Crippen LogP contribution in [0.3, 0.4) is 0 Å². The van der Waals surface area contributed by atoms with Crippen LogP contribution in [0.5, 0.6) is 11.5 Å². The van der Waals surface area contributed by atoms with Gasteiger partial charge in [-0.2, -0.15) is 0 Å². The maximum Gasteiger partial charge on any atom is 0.339 e. The highest BCUT2D eigenvalue weighted by Crippen LogP contribution is 2.29. The first kappa shape index (κ1) is 28.5. The molecule has 0 amide bonds. The van der Waals surface area contributed by atoms with Crippen molar-refractivity contribution >= 4 is 30.0 Å². The molecule has 0 radical (unpaired) electrons. The first-order valence-electron chi connectivity index (χ1n) is 11.3. The summed E-state index contributed by atoms with van der Waals surface area (Å²) in [6, 6.07) is 19.7. The van der Waals surface area contributed by atoms with Crippen LogP contribution in [0, 0.1) is 0 Å². The number of aromatic carboxylic acids is 1. The lowest BCUT2D eigenvalue weighted by molar-refractivity contribution is 0.0169. The summed E-state index contributed by atoms with van der Waals surface area (Å²) < 4.78 is 11.5. The molecule has 6 nitrogen and oxygen atoms in total. The van der Waals surface area contributed by atoms with Gasteiger partial charge in [-0.25, -0.2) is 4.79 Å². The number of carboxylic acid groups (broad SMARTS) is 1. The molecule has 3 aromatic carbocycles. The third-order valence-electron chi connectivity index (χ3n) is 5.38. The van der Waals surface area contributed by atoms with Gasteiger partial charge >= 0.3 is 5.97 Å². The lowest BCUT2D eigenvalue weighted by Gasteiger charge is -2.25. The SMILES string of the molecule is CCCCOc1cc(-c2ccc(OCCN[C@@](C)(O)c3cccc(Cl)c3)cc2)ccc1C(=O)O.Cl. The van der Waals surface area contributed by atoms with Crippen molar-refractivity contribution < 1.29 is 24.5 Å². The van der Waals surface area contributed by atoms with Crippen molar-refractivity contribution in [1.82, 2.24) is 5.32 Å². The molecule has 1 atom stereocenters.